The summed E-state index contributed by atoms with van der Waals surface area (Å²) in [4.78, 5) is 7.71. The first-order chi connectivity index (χ1) is 8.34. The number of nitrogens with zero attached hydrogens (tertiary/aromatic N) is 3. The highest BCUT2D eigenvalue weighted by Crippen LogP contribution is 2.02. The maximum atomic E-state index is 3.47. The first-order valence-electron chi connectivity index (χ1n) is 7.18. The van der Waals surface area contributed by atoms with Crippen LogP contribution >= 0.6 is 0 Å². The molecule has 4 nitrogen and oxygen atoms in total. The fourth-order valence-electron chi connectivity index (χ4n) is 2.73. The minimum absolute atomic E-state index is 1.17. The van der Waals surface area contributed by atoms with Gasteiger partial charge in [0.15, 0.2) is 0 Å². The zero-order chi connectivity index (χ0) is 11.9. The van der Waals surface area contributed by atoms with Gasteiger partial charge in [0.1, 0.15) is 0 Å². The fourth-order valence-corrected chi connectivity index (χ4v) is 2.73. The summed E-state index contributed by atoms with van der Waals surface area (Å²) in [6.07, 6.45) is 2.64. The predicted molar refractivity (Wildman–Crippen MR) is 72.5 cm³/mol. The monoisotopic (exact) mass is 240 g/mol. The number of hydrogen-bond donors (Lipinski definition) is 1. The van der Waals surface area contributed by atoms with E-state index in [1.54, 1.807) is 0 Å². The smallest absolute Gasteiger partial charge is 0.0110 e. The number of nitrogens with one attached hydrogen (secondary N) is 1. The van der Waals surface area contributed by atoms with Crippen LogP contribution in [0.25, 0.3) is 0 Å². The molecule has 1 N–H and O–H groups in total. The molecule has 0 aromatic rings. The molecule has 0 bridgehead atoms. The lowest BCUT2D eigenvalue weighted by Gasteiger charge is -2.25. The Morgan fingerprint density at radius 1 is 0.765 bits per heavy atom. The molecule has 100 valence electrons. The molecule has 2 rings (SSSR count). The van der Waals surface area contributed by atoms with Crippen LogP contribution in [-0.4, -0.2) is 87.2 Å². The van der Waals surface area contributed by atoms with Gasteiger partial charge in [-0.15, -0.1) is 0 Å². The van der Waals surface area contributed by atoms with Crippen molar-refractivity contribution in [3.05, 3.63) is 0 Å². The van der Waals surface area contributed by atoms with Crippen molar-refractivity contribution < 1.29 is 0 Å². The molecular formula is C13H28N4. The molecule has 0 spiro atoms. The third-order valence-corrected chi connectivity index (χ3v) is 3.98. The average Bonchev–Trinajstić information content (AvgIpc) is 2.69. The second-order valence-corrected chi connectivity index (χ2v) is 5.44. The van der Waals surface area contributed by atoms with Crippen LogP contribution in [0, 0.1) is 0 Å². The number of likely N-dealkylation sites (N-methyl/N-ethyl adjacent to an activating group) is 1. The summed E-state index contributed by atoms with van der Waals surface area (Å²) < 4.78 is 0. The standard InChI is InChI=1S/C13H28N4/c1-15-6-3-8-17(11-10-15)13-12-16-7-2-4-14-5-9-16/h14H,2-13H2,1H3. The van der Waals surface area contributed by atoms with Crippen LogP contribution in [0.1, 0.15) is 12.8 Å². The second kappa shape index (κ2) is 7.31. The molecule has 0 amide bonds. The lowest BCUT2D eigenvalue weighted by molar-refractivity contribution is 0.213. The van der Waals surface area contributed by atoms with Crippen molar-refractivity contribution in [1.29, 1.82) is 0 Å². The molecular weight excluding hydrogens is 212 g/mol. The Morgan fingerprint density at radius 3 is 2.41 bits per heavy atom. The summed E-state index contributed by atoms with van der Waals surface area (Å²) >= 11 is 0. The van der Waals surface area contributed by atoms with E-state index in [1.165, 1.54) is 78.3 Å². The van der Waals surface area contributed by atoms with Gasteiger partial charge in [0, 0.05) is 39.3 Å². The van der Waals surface area contributed by atoms with E-state index in [0.717, 1.165) is 0 Å². The first-order valence-corrected chi connectivity index (χ1v) is 7.18. The molecule has 0 aromatic carbocycles. The van der Waals surface area contributed by atoms with Crippen molar-refractivity contribution in [3.63, 3.8) is 0 Å². The van der Waals surface area contributed by atoms with Crippen LogP contribution < -0.4 is 5.32 Å². The van der Waals surface area contributed by atoms with Gasteiger partial charge in [0.2, 0.25) is 0 Å². The SMILES string of the molecule is CN1CCCN(CCN2CCCNCC2)CC1. The van der Waals surface area contributed by atoms with Crippen molar-refractivity contribution in [2.75, 3.05) is 72.5 Å². The normalized spacial score (nSPS) is 26.6. The van der Waals surface area contributed by atoms with Gasteiger partial charge in [-0.3, -0.25) is 0 Å². The molecule has 2 aliphatic rings. The van der Waals surface area contributed by atoms with Crippen molar-refractivity contribution in [3.8, 4) is 0 Å². The van der Waals surface area contributed by atoms with Gasteiger partial charge in [-0.1, -0.05) is 0 Å². The van der Waals surface area contributed by atoms with Crippen LogP contribution in [0.5, 0.6) is 0 Å². The summed E-state index contributed by atoms with van der Waals surface area (Å²) in [5.74, 6) is 0. The van der Waals surface area contributed by atoms with Crippen LogP contribution in [0.15, 0.2) is 0 Å². The van der Waals surface area contributed by atoms with Gasteiger partial charge in [-0.2, -0.15) is 0 Å². The van der Waals surface area contributed by atoms with E-state index < -0.39 is 0 Å². The third-order valence-electron chi connectivity index (χ3n) is 3.98. The van der Waals surface area contributed by atoms with E-state index in [4.69, 9.17) is 0 Å². The lowest BCUT2D eigenvalue weighted by atomic mass is 10.3. The molecule has 2 saturated heterocycles. The maximum Gasteiger partial charge on any atom is 0.0110 e. The Bertz CT molecular complexity index is 202. The quantitative estimate of drug-likeness (QED) is 0.745. The lowest BCUT2D eigenvalue weighted by Crippen LogP contribution is -2.38. The van der Waals surface area contributed by atoms with E-state index >= 15 is 0 Å². The minimum atomic E-state index is 1.17. The molecule has 0 aliphatic carbocycles. The van der Waals surface area contributed by atoms with E-state index in [0.29, 0.717) is 0 Å². The predicted octanol–water partition coefficient (Wildman–Crippen LogP) is -0.0808. The third kappa shape index (κ3) is 4.92. The van der Waals surface area contributed by atoms with Crippen molar-refractivity contribution >= 4 is 0 Å². The molecule has 2 aliphatic heterocycles. The highest BCUT2D eigenvalue weighted by Gasteiger charge is 2.14. The van der Waals surface area contributed by atoms with Gasteiger partial charge in [0.05, 0.1) is 0 Å². The summed E-state index contributed by atoms with van der Waals surface area (Å²) in [5.41, 5.74) is 0. The molecule has 0 unspecified atom stereocenters. The van der Waals surface area contributed by atoms with Crippen LogP contribution in [0.4, 0.5) is 0 Å². The van der Waals surface area contributed by atoms with Gasteiger partial charge in [-0.05, 0) is 46.1 Å². The Morgan fingerprint density at radius 2 is 1.53 bits per heavy atom. The molecule has 17 heavy (non-hydrogen) atoms. The maximum absolute atomic E-state index is 3.47. The van der Waals surface area contributed by atoms with Crippen LogP contribution in [0.3, 0.4) is 0 Å². The molecule has 2 heterocycles. The molecule has 0 radical (unpaired) electrons. The van der Waals surface area contributed by atoms with Crippen molar-refractivity contribution in [1.82, 2.24) is 20.0 Å². The minimum Gasteiger partial charge on any atom is -0.315 e. The highest BCUT2D eigenvalue weighted by atomic mass is 15.2. The van der Waals surface area contributed by atoms with Crippen molar-refractivity contribution in [2.45, 2.75) is 12.8 Å². The summed E-state index contributed by atoms with van der Waals surface area (Å²) in [7, 11) is 2.24. The molecule has 0 aromatic heterocycles. The van der Waals surface area contributed by atoms with E-state index in [2.05, 4.69) is 27.1 Å². The Labute approximate surface area is 106 Å². The zero-order valence-corrected chi connectivity index (χ0v) is 11.3. The van der Waals surface area contributed by atoms with Gasteiger partial charge in [-0.25, -0.2) is 0 Å². The van der Waals surface area contributed by atoms with Gasteiger partial charge >= 0.3 is 0 Å². The fraction of sp³-hybridized carbons (Fsp3) is 1.00. The number of rotatable bonds is 3. The zero-order valence-electron chi connectivity index (χ0n) is 11.3. The Balaban J connectivity index is 1.66. The summed E-state index contributed by atoms with van der Waals surface area (Å²) in [6, 6.07) is 0. The van der Waals surface area contributed by atoms with Gasteiger partial charge in [0.25, 0.3) is 0 Å². The van der Waals surface area contributed by atoms with E-state index in [-0.39, 0.29) is 0 Å². The van der Waals surface area contributed by atoms with E-state index in [9.17, 15) is 0 Å². The summed E-state index contributed by atoms with van der Waals surface area (Å²) in [6.45, 7) is 12.4. The second-order valence-electron chi connectivity index (χ2n) is 5.44. The molecule has 4 heteroatoms. The number of hydrogen-bond acceptors (Lipinski definition) is 4. The summed E-state index contributed by atoms with van der Waals surface area (Å²) in [5, 5.41) is 3.47. The van der Waals surface area contributed by atoms with Crippen LogP contribution in [-0.2, 0) is 0 Å². The molecule has 0 saturated carbocycles. The van der Waals surface area contributed by atoms with Crippen LogP contribution in [0.2, 0.25) is 0 Å². The largest absolute Gasteiger partial charge is 0.315 e. The van der Waals surface area contributed by atoms with E-state index in [1.807, 2.05) is 0 Å². The highest BCUT2D eigenvalue weighted by molar-refractivity contribution is 4.71. The average molecular weight is 240 g/mol. The Kier molecular flexibility index (Phi) is 5.71. The Hall–Kier alpha value is -0.160. The van der Waals surface area contributed by atoms with Crippen molar-refractivity contribution in [2.24, 2.45) is 0 Å². The topological polar surface area (TPSA) is 21.8 Å². The molecule has 2 fully saturated rings. The first kappa shape index (κ1) is 13.3. The molecule has 0 atom stereocenters. The van der Waals surface area contributed by atoms with Gasteiger partial charge < -0.3 is 20.0 Å².